The lowest BCUT2D eigenvalue weighted by molar-refractivity contribution is -0.156. The van der Waals surface area contributed by atoms with Crippen molar-refractivity contribution in [2.75, 3.05) is 6.61 Å². The van der Waals surface area contributed by atoms with Crippen LogP contribution in [-0.4, -0.2) is 24.6 Å². The number of halogens is 1. The highest BCUT2D eigenvalue weighted by Gasteiger charge is 2.18. The zero-order valence-electron chi connectivity index (χ0n) is 12.5. The van der Waals surface area contributed by atoms with Crippen LogP contribution in [0.4, 0.5) is 4.39 Å². The predicted molar refractivity (Wildman–Crippen MR) is 78.0 cm³/mol. The molecule has 2 rings (SSSR count). The van der Waals surface area contributed by atoms with E-state index in [4.69, 9.17) is 13.9 Å². The van der Waals surface area contributed by atoms with Gasteiger partial charge in [0.1, 0.15) is 5.76 Å². The van der Waals surface area contributed by atoms with Crippen molar-refractivity contribution in [1.82, 2.24) is 5.32 Å². The Morgan fingerprint density at radius 3 is 2.74 bits per heavy atom. The first-order chi connectivity index (χ1) is 11.1. The first-order valence-corrected chi connectivity index (χ1v) is 6.93. The van der Waals surface area contributed by atoms with E-state index in [0.717, 1.165) is 0 Å². The lowest BCUT2D eigenvalue weighted by Crippen LogP contribution is -2.36. The number of carbonyl (C=O) groups excluding carboxylic acids is 2. The molecule has 0 spiro atoms. The van der Waals surface area contributed by atoms with Crippen molar-refractivity contribution < 1.29 is 27.9 Å². The number of hydrogen-bond donors (Lipinski definition) is 1. The summed E-state index contributed by atoms with van der Waals surface area (Å²) in [5.74, 6) is -1.29. The Bertz CT molecular complexity index is 656. The van der Waals surface area contributed by atoms with Gasteiger partial charge in [0.15, 0.2) is 24.3 Å². The summed E-state index contributed by atoms with van der Waals surface area (Å²) in [5, 5.41) is 2.56. The molecule has 0 saturated heterocycles. The van der Waals surface area contributed by atoms with Gasteiger partial charge >= 0.3 is 5.97 Å². The van der Waals surface area contributed by atoms with E-state index in [0.29, 0.717) is 5.76 Å². The van der Waals surface area contributed by atoms with Crippen LogP contribution in [0, 0.1) is 5.82 Å². The molecular formula is C16H16FNO5. The molecule has 0 bridgehead atoms. The molecule has 0 aliphatic rings. The average molecular weight is 321 g/mol. The van der Waals surface area contributed by atoms with E-state index < -0.39 is 30.4 Å². The lowest BCUT2D eigenvalue weighted by Gasteiger charge is -2.13. The Morgan fingerprint density at radius 2 is 2.04 bits per heavy atom. The average Bonchev–Trinajstić information content (AvgIpc) is 3.05. The first-order valence-electron chi connectivity index (χ1n) is 6.93. The summed E-state index contributed by atoms with van der Waals surface area (Å²) in [4.78, 5) is 23.4. The second-order valence-corrected chi connectivity index (χ2v) is 4.65. The van der Waals surface area contributed by atoms with Crippen molar-refractivity contribution in [2.45, 2.75) is 19.6 Å². The number of esters is 1. The van der Waals surface area contributed by atoms with Crippen molar-refractivity contribution >= 4 is 11.9 Å². The van der Waals surface area contributed by atoms with Gasteiger partial charge in [-0.3, -0.25) is 4.79 Å². The highest BCUT2D eigenvalue weighted by atomic mass is 19.1. The molecule has 1 atom stereocenters. The van der Waals surface area contributed by atoms with Gasteiger partial charge in [-0.25, -0.2) is 9.18 Å². The standard InChI is InChI=1S/C16H16FNO5/c1-11(16(20)18-9-12-5-4-8-21-12)23-15(19)10-22-14-7-3-2-6-13(14)17/h2-8,11H,9-10H2,1H3,(H,18,20)/t11-/m1/s1. The molecule has 0 saturated carbocycles. The van der Waals surface area contributed by atoms with Gasteiger partial charge in [-0.05, 0) is 31.2 Å². The van der Waals surface area contributed by atoms with Crippen LogP contribution in [0.2, 0.25) is 0 Å². The zero-order chi connectivity index (χ0) is 16.7. The van der Waals surface area contributed by atoms with Crippen molar-refractivity contribution in [3.05, 3.63) is 54.2 Å². The molecule has 1 aromatic heterocycles. The smallest absolute Gasteiger partial charge is 0.344 e. The van der Waals surface area contributed by atoms with Gasteiger partial charge in [0.2, 0.25) is 0 Å². The molecule has 122 valence electrons. The van der Waals surface area contributed by atoms with Crippen molar-refractivity contribution in [1.29, 1.82) is 0 Å². The van der Waals surface area contributed by atoms with E-state index in [1.165, 1.54) is 31.4 Å². The second-order valence-electron chi connectivity index (χ2n) is 4.65. The number of para-hydroxylation sites is 1. The Labute approximate surface area is 132 Å². The summed E-state index contributed by atoms with van der Waals surface area (Å²) in [6, 6.07) is 9.10. The summed E-state index contributed by atoms with van der Waals surface area (Å²) in [5.41, 5.74) is 0. The Kier molecular flexibility index (Phi) is 5.74. The van der Waals surface area contributed by atoms with Gasteiger partial charge < -0.3 is 19.2 Å². The Balaban J connectivity index is 1.73. The summed E-state index contributed by atoms with van der Waals surface area (Å²) in [6.45, 7) is 1.13. The van der Waals surface area contributed by atoms with Crippen LogP contribution >= 0.6 is 0 Å². The molecule has 0 aliphatic heterocycles. The zero-order valence-corrected chi connectivity index (χ0v) is 12.5. The van der Waals surface area contributed by atoms with Gasteiger partial charge in [0.05, 0.1) is 12.8 Å². The van der Waals surface area contributed by atoms with Crippen LogP contribution in [0.25, 0.3) is 0 Å². The third-order valence-corrected chi connectivity index (χ3v) is 2.88. The number of furan rings is 1. The third kappa shape index (κ3) is 5.14. The quantitative estimate of drug-likeness (QED) is 0.790. The molecule has 2 aromatic rings. The van der Waals surface area contributed by atoms with Crippen LogP contribution in [-0.2, 0) is 20.9 Å². The van der Waals surface area contributed by atoms with Crippen LogP contribution in [0.1, 0.15) is 12.7 Å². The number of amides is 1. The predicted octanol–water partition coefficient (Wildman–Crippen LogP) is 2.05. The van der Waals surface area contributed by atoms with Gasteiger partial charge in [-0.1, -0.05) is 12.1 Å². The molecule has 0 radical (unpaired) electrons. The topological polar surface area (TPSA) is 77.8 Å². The second kappa shape index (κ2) is 7.98. The maximum absolute atomic E-state index is 13.3. The van der Waals surface area contributed by atoms with E-state index in [2.05, 4.69) is 5.32 Å². The fraction of sp³-hybridized carbons (Fsp3) is 0.250. The van der Waals surface area contributed by atoms with E-state index >= 15 is 0 Å². The molecule has 1 amide bonds. The van der Waals surface area contributed by atoms with Gasteiger partial charge in [-0.2, -0.15) is 0 Å². The van der Waals surface area contributed by atoms with Gasteiger partial charge in [-0.15, -0.1) is 0 Å². The maximum Gasteiger partial charge on any atom is 0.344 e. The molecule has 7 heteroatoms. The molecule has 0 aliphatic carbocycles. The monoisotopic (exact) mass is 321 g/mol. The molecule has 1 heterocycles. The van der Waals surface area contributed by atoms with Crippen LogP contribution in [0.15, 0.2) is 47.1 Å². The molecule has 1 N–H and O–H groups in total. The van der Waals surface area contributed by atoms with Crippen LogP contribution < -0.4 is 10.1 Å². The number of hydrogen-bond acceptors (Lipinski definition) is 5. The van der Waals surface area contributed by atoms with Crippen molar-refractivity contribution in [2.24, 2.45) is 0 Å². The molecule has 23 heavy (non-hydrogen) atoms. The number of ether oxygens (including phenoxy) is 2. The molecular weight excluding hydrogens is 305 g/mol. The summed E-state index contributed by atoms with van der Waals surface area (Å²) in [6.07, 6.45) is 0.493. The minimum absolute atomic E-state index is 0.0561. The number of carbonyl (C=O) groups is 2. The van der Waals surface area contributed by atoms with E-state index in [9.17, 15) is 14.0 Å². The van der Waals surface area contributed by atoms with Crippen LogP contribution in [0.5, 0.6) is 5.75 Å². The fourth-order valence-corrected chi connectivity index (χ4v) is 1.71. The van der Waals surface area contributed by atoms with Crippen molar-refractivity contribution in [3.8, 4) is 5.75 Å². The van der Waals surface area contributed by atoms with Crippen LogP contribution in [0.3, 0.4) is 0 Å². The minimum atomic E-state index is -0.998. The lowest BCUT2D eigenvalue weighted by atomic mass is 10.3. The summed E-state index contributed by atoms with van der Waals surface area (Å²) >= 11 is 0. The fourth-order valence-electron chi connectivity index (χ4n) is 1.71. The van der Waals surface area contributed by atoms with Crippen molar-refractivity contribution in [3.63, 3.8) is 0 Å². The molecule has 0 fully saturated rings. The number of rotatable bonds is 7. The molecule has 0 unspecified atom stereocenters. The van der Waals surface area contributed by atoms with Gasteiger partial charge in [0.25, 0.3) is 5.91 Å². The normalized spacial score (nSPS) is 11.6. The Morgan fingerprint density at radius 1 is 1.26 bits per heavy atom. The van der Waals surface area contributed by atoms with E-state index in [1.54, 1.807) is 18.2 Å². The minimum Gasteiger partial charge on any atom is -0.479 e. The maximum atomic E-state index is 13.3. The highest BCUT2D eigenvalue weighted by molar-refractivity contribution is 5.83. The summed E-state index contributed by atoms with van der Waals surface area (Å²) in [7, 11) is 0. The largest absolute Gasteiger partial charge is 0.479 e. The van der Waals surface area contributed by atoms with E-state index in [-0.39, 0.29) is 12.3 Å². The van der Waals surface area contributed by atoms with Gasteiger partial charge in [0, 0.05) is 0 Å². The third-order valence-electron chi connectivity index (χ3n) is 2.88. The highest BCUT2D eigenvalue weighted by Crippen LogP contribution is 2.15. The number of benzene rings is 1. The molecule has 6 nitrogen and oxygen atoms in total. The number of nitrogens with one attached hydrogen (secondary N) is 1. The SMILES string of the molecule is C[C@@H](OC(=O)COc1ccccc1F)C(=O)NCc1ccco1. The summed E-state index contributed by atoms with van der Waals surface area (Å²) < 4.78 is 28.3. The molecule has 1 aromatic carbocycles. The van der Waals surface area contributed by atoms with E-state index in [1.807, 2.05) is 0 Å². The first kappa shape index (κ1) is 16.5. The Hall–Kier alpha value is -2.83.